The van der Waals surface area contributed by atoms with E-state index in [2.05, 4.69) is 24.1 Å². The Morgan fingerprint density at radius 1 is 0.914 bits per heavy atom. The molecule has 1 amide bonds. The summed E-state index contributed by atoms with van der Waals surface area (Å²) in [5.41, 5.74) is 3.96. The van der Waals surface area contributed by atoms with Crippen LogP contribution in [0, 0.1) is 13.8 Å². The van der Waals surface area contributed by atoms with E-state index >= 15 is 0 Å². The van der Waals surface area contributed by atoms with E-state index in [1.165, 1.54) is 0 Å². The lowest BCUT2D eigenvalue weighted by molar-refractivity contribution is -0.119. The number of sulfonamides is 1. The Labute approximate surface area is 213 Å². The first kappa shape index (κ1) is 26.6. The van der Waals surface area contributed by atoms with Crippen molar-refractivity contribution in [3.63, 3.8) is 0 Å². The van der Waals surface area contributed by atoms with Gasteiger partial charge >= 0.3 is 0 Å². The Morgan fingerprint density at radius 3 is 2.14 bits per heavy atom. The third-order valence-corrected chi connectivity index (χ3v) is 8.14. The molecule has 0 spiro atoms. The molecule has 35 heavy (non-hydrogen) atoms. The van der Waals surface area contributed by atoms with Crippen molar-refractivity contribution >= 4 is 38.9 Å². The zero-order valence-electron chi connectivity index (χ0n) is 20.6. The summed E-state index contributed by atoms with van der Waals surface area (Å²) in [6.45, 7) is 9.61. The van der Waals surface area contributed by atoms with Crippen molar-refractivity contribution in [3.05, 3.63) is 88.4 Å². The molecule has 3 rings (SSSR count). The predicted octanol–water partition coefficient (Wildman–Crippen LogP) is 5.31. The lowest BCUT2D eigenvalue weighted by Crippen LogP contribution is -2.41. The van der Waals surface area contributed by atoms with Gasteiger partial charge in [-0.1, -0.05) is 47.5 Å². The summed E-state index contributed by atoms with van der Waals surface area (Å²) in [5, 5.41) is 3.28. The maximum Gasteiger partial charge on any atom is 0.264 e. The fourth-order valence-corrected chi connectivity index (χ4v) is 5.45. The summed E-state index contributed by atoms with van der Waals surface area (Å²) in [6.07, 6.45) is 0. The van der Waals surface area contributed by atoms with E-state index in [4.69, 9.17) is 11.6 Å². The van der Waals surface area contributed by atoms with E-state index in [-0.39, 0.29) is 11.4 Å². The molecule has 6 nitrogen and oxygen atoms in total. The van der Waals surface area contributed by atoms with Crippen LogP contribution in [0.4, 0.5) is 11.4 Å². The van der Waals surface area contributed by atoms with Crippen molar-refractivity contribution in [3.8, 4) is 0 Å². The molecule has 8 heteroatoms. The molecular weight excluding hydrogens is 482 g/mol. The number of amides is 1. The van der Waals surface area contributed by atoms with Crippen LogP contribution in [-0.2, 0) is 21.4 Å². The molecule has 0 heterocycles. The third kappa shape index (κ3) is 6.35. The topological polar surface area (TPSA) is 69.7 Å². The summed E-state index contributed by atoms with van der Waals surface area (Å²) >= 11 is 6.28. The highest BCUT2D eigenvalue weighted by molar-refractivity contribution is 7.92. The number of nitrogens with zero attached hydrogens (tertiary/aromatic N) is 2. The molecule has 0 atom stereocenters. The quantitative estimate of drug-likeness (QED) is 0.398. The van der Waals surface area contributed by atoms with E-state index in [1.807, 2.05) is 31.2 Å². The Balaban J connectivity index is 1.82. The van der Waals surface area contributed by atoms with Gasteiger partial charge in [0, 0.05) is 30.3 Å². The molecule has 1 N–H and O–H groups in total. The van der Waals surface area contributed by atoms with Crippen LogP contribution in [0.2, 0.25) is 5.02 Å². The van der Waals surface area contributed by atoms with Crippen molar-refractivity contribution in [2.75, 3.05) is 28.8 Å². The van der Waals surface area contributed by atoms with Crippen LogP contribution >= 0.6 is 11.6 Å². The summed E-state index contributed by atoms with van der Waals surface area (Å²) in [4.78, 5) is 15.3. The molecule has 3 aromatic rings. The average Bonchev–Trinajstić information content (AvgIpc) is 2.85. The molecule has 186 valence electrons. The van der Waals surface area contributed by atoms with Crippen molar-refractivity contribution in [2.45, 2.75) is 39.1 Å². The van der Waals surface area contributed by atoms with Gasteiger partial charge in [0.1, 0.15) is 6.54 Å². The fourth-order valence-electron chi connectivity index (χ4n) is 3.80. The van der Waals surface area contributed by atoms with Crippen LogP contribution in [0.25, 0.3) is 0 Å². The van der Waals surface area contributed by atoms with E-state index < -0.39 is 15.9 Å². The molecule has 0 aliphatic carbocycles. The minimum Gasteiger partial charge on any atom is -0.372 e. The van der Waals surface area contributed by atoms with Gasteiger partial charge in [-0.2, -0.15) is 0 Å². The molecule has 0 saturated heterocycles. The number of aryl methyl sites for hydroxylation is 1. The third-order valence-electron chi connectivity index (χ3n) is 5.96. The van der Waals surface area contributed by atoms with Crippen LogP contribution in [0.1, 0.15) is 30.5 Å². The highest BCUT2D eigenvalue weighted by Crippen LogP contribution is 2.31. The largest absolute Gasteiger partial charge is 0.372 e. The standard InChI is InChI=1S/C27H32ClN3O3S/c1-5-30(6-2)23-14-12-22(13-15-23)18-29-27(32)19-31(26-9-7-8-25(28)21(26)4)35(33,34)24-16-10-20(3)11-17-24/h7-17H,5-6,18-19H2,1-4H3,(H,29,32). The molecule has 0 radical (unpaired) electrons. The summed E-state index contributed by atoms with van der Waals surface area (Å²) < 4.78 is 28.3. The Morgan fingerprint density at radius 2 is 1.54 bits per heavy atom. The lowest BCUT2D eigenvalue weighted by Gasteiger charge is -2.26. The smallest absolute Gasteiger partial charge is 0.264 e. The fraction of sp³-hybridized carbons (Fsp3) is 0.296. The first-order valence-electron chi connectivity index (χ1n) is 11.6. The predicted molar refractivity (Wildman–Crippen MR) is 144 cm³/mol. The molecule has 0 fully saturated rings. The van der Waals surface area contributed by atoms with Gasteiger partial charge in [0.2, 0.25) is 5.91 Å². The van der Waals surface area contributed by atoms with Gasteiger partial charge in [-0.15, -0.1) is 0 Å². The molecule has 0 aromatic heterocycles. The highest BCUT2D eigenvalue weighted by Gasteiger charge is 2.28. The maximum atomic E-state index is 13.6. The summed E-state index contributed by atoms with van der Waals surface area (Å²) in [5.74, 6) is -0.409. The minimum atomic E-state index is -4.00. The van der Waals surface area contributed by atoms with Crippen LogP contribution in [0.3, 0.4) is 0 Å². The number of anilines is 2. The second-order valence-electron chi connectivity index (χ2n) is 8.32. The monoisotopic (exact) mass is 513 g/mol. The number of carbonyl (C=O) groups is 1. The molecule has 0 saturated carbocycles. The highest BCUT2D eigenvalue weighted by atomic mass is 35.5. The van der Waals surface area contributed by atoms with E-state index in [0.29, 0.717) is 22.8 Å². The summed E-state index contributed by atoms with van der Waals surface area (Å²) in [6, 6.07) is 19.6. The number of benzene rings is 3. The minimum absolute atomic E-state index is 0.113. The van der Waals surface area contributed by atoms with Crippen LogP contribution in [0.15, 0.2) is 71.6 Å². The Hall–Kier alpha value is -3.03. The number of carbonyl (C=O) groups excluding carboxylic acids is 1. The molecule has 0 aliphatic heterocycles. The van der Waals surface area contributed by atoms with Crippen molar-refractivity contribution in [1.82, 2.24) is 5.32 Å². The number of hydrogen-bond donors (Lipinski definition) is 1. The molecule has 0 unspecified atom stereocenters. The first-order valence-corrected chi connectivity index (χ1v) is 13.4. The molecule has 3 aromatic carbocycles. The average molecular weight is 514 g/mol. The van der Waals surface area contributed by atoms with Crippen LogP contribution in [-0.4, -0.2) is 34.0 Å². The Bertz CT molecular complexity index is 1260. The van der Waals surface area contributed by atoms with Crippen LogP contribution < -0.4 is 14.5 Å². The van der Waals surface area contributed by atoms with E-state index in [0.717, 1.165) is 34.2 Å². The maximum absolute atomic E-state index is 13.6. The lowest BCUT2D eigenvalue weighted by atomic mass is 10.2. The van der Waals surface area contributed by atoms with E-state index in [9.17, 15) is 13.2 Å². The number of hydrogen-bond acceptors (Lipinski definition) is 4. The Kier molecular flexibility index (Phi) is 8.81. The second kappa shape index (κ2) is 11.6. The number of nitrogens with one attached hydrogen (secondary N) is 1. The van der Waals surface area contributed by atoms with Crippen molar-refractivity contribution in [2.24, 2.45) is 0 Å². The van der Waals surface area contributed by atoms with E-state index in [1.54, 1.807) is 49.4 Å². The van der Waals surface area contributed by atoms with Crippen molar-refractivity contribution < 1.29 is 13.2 Å². The van der Waals surface area contributed by atoms with Gasteiger partial charge < -0.3 is 10.2 Å². The number of halogens is 1. The van der Waals surface area contributed by atoms with Gasteiger partial charge in [-0.3, -0.25) is 9.10 Å². The van der Waals surface area contributed by atoms with Gasteiger partial charge in [-0.05, 0) is 75.2 Å². The first-order chi connectivity index (χ1) is 16.7. The molecule has 0 aliphatic rings. The summed E-state index contributed by atoms with van der Waals surface area (Å²) in [7, 11) is -4.00. The normalized spacial score (nSPS) is 11.2. The van der Waals surface area contributed by atoms with Gasteiger partial charge in [0.15, 0.2) is 0 Å². The molecular formula is C27H32ClN3O3S. The second-order valence-corrected chi connectivity index (χ2v) is 10.6. The zero-order valence-corrected chi connectivity index (χ0v) is 22.2. The zero-order chi connectivity index (χ0) is 25.6. The molecule has 0 bridgehead atoms. The van der Waals surface area contributed by atoms with Gasteiger partial charge in [0.05, 0.1) is 10.6 Å². The van der Waals surface area contributed by atoms with Gasteiger partial charge in [-0.25, -0.2) is 8.42 Å². The van der Waals surface area contributed by atoms with Gasteiger partial charge in [0.25, 0.3) is 10.0 Å². The van der Waals surface area contributed by atoms with Crippen LogP contribution in [0.5, 0.6) is 0 Å². The SMILES string of the molecule is CCN(CC)c1ccc(CNC(=O)CN(c2cccc(Cl)c2C)S(=O)(=O)c2ccc(C)cc2)cc1. The number of rotatable bonds is 10. The van der Waals surface area contributed by atoms with Crippen molar-refractivity contribution in [1.29, 1.82) is 0 Å².